The summed E-state index contributed by atoms with van der Waals surface area (Å²) < 4.78 is 40.9. The molecule has 0 N–H and O–H groups in total. The maximum atomic E-state index is 13.2. The second-order valence-corrected chi connectivity index (χ2v) is 6.22. The number of alkyl halides is 3. The van der Waals surface area contributed by atoms with Gasteiger partial charge in [-0.15, -0.1) is 0 Å². The van der Waals surface area contributed by atoms with Gasteiger partial charge in [-0.2, -0.15) is 13.2 Å². The Hall–Kier alpha value is -2.82. The van der Waals surface area contributed by atoms with Gasteiger partial charge in [-0.05, 0) is 36.6 Å². The van der Waals surface area contributed by atoms with Crippen LogP contribution in [0.1, 0.15) is 16.7 Å². The van der Waals surface area contributed by atoms with Gasteiger partial charge in [0.2, 0.25) is 0 Å². The van der Waals surface area contributed by atoms with Crippen molar-refractivity contribution in [1.82, 2.24) is 4.57 Å². The van der Waals surface area contributed by atoms with E-state index in [1.807, 2.05) is 43.3 Å². The van der Waals surface area contributed by atoms with E-state index in [9.17, 15) is 18.0 Å². The van der Waals surface area contributed by atoms with Gasteiger partial charge in [0.05, 0.1) is 11.3 Å². The third-order valence-electron chi connectivity index (χ3n) is 4.24. The summed E-state index contributed by atoms with van der Waals surface area (Å²) in [5.74, 6) is 0. The molecule has 1 aromatic heterocycles. The molecule has 2 nitrogen and oxygen atoms in total. The number of pyridine rings is 1. The van der Waals surface area contributed by atoms with E-state index in [2.05, 4.69) is 0 Å². The van der Waals surface area contributed by atoms with Crippen LogP contribution in [-0.4, -0.2) is 4.57 Å². The third kappa shape index (κ3) is 4.04. The van der Waals surface area contributed by atoms with Crippen molar-refractivity contribution < 1.29 is 13.2 Å². The number of rotatable bonds is 4. The molecule has 0 saturated heterocycles. The summed E-state index contributed by atoms with van der Waals surface area (Å²) in [6.45, 7) is 2.17. The van der Waals surface area contributed by atoms with Crippen LogP contribution in [0.25, 0.3) is 11.3 Å². The second-order valence-electron chi connectivity index (χ2n) is 6.22. The van der Waals surface area contributed by atoms with E-state index in [0.717, 1.165) is 17.2 Å². The predicted octanol–water partition coefficient (Wildman–Crippen LogP) is 5.09. The van der Waals surface area contributed by atoms with Crippen LogP contribution in [-0.2, 0) is 19.1 Å². The minimum Gasteiger partial charge on any atom is -0.308 e. The van der Waals surface area contributed by atoms with E-state index >= 15 is 0 Å². The fraction of sp³-hybridized carbons (Fsp3) is 0.190. The topological polar surface area (TPSA) is 22.0 Å². The highest BCUT2D eigenvalue weighted by Crippen LogP contribution is 2.31. The molecule has 1 heterocycles. The van der Waals surface area contributed by atoms with Crippen molar-refractivity contribution in [2.24, 2.45) is 0 Å². The molecule has 0 aliphatic rings. The van der Waals surface area contributed by atoms with Gasteiger partial charge in [-0.25, -0.2) is 0 Å². The zero-order chi connectivity index (χ0) is 18.7. The number of hydrogen-bond acceptors (Lipinski definition) is 1. The molecule has 3 aromatic rings. The molecule has 3 rings (SSSR count). The average molecular weight is 357 g/mol. The largest absolute Gasteiger partial charge is 0.416 e. The smallest absolute Gasteiger partial charge is 0.308 e. The van der Waals surface area contributed by atoms with Crippen LogP contribution in [0.4, 0.5) is 13.2 Å². The van der Waals surface area contributed by atoms with Gasteiger partial charge < -0.3 is 4.57 Å². The molecule has 0 saturated carbocycles. The van der Waals surface area contributed by atoms with E-state index in [1.165, 1.54) is 4.57 Å². The van der Waals surface area contributed by atoms with Crippen LogP contribution in [0.2, 0.25) is 0 Å². The highest BCUT2D eigenvalue weighted by atomic mass is 19.4. The fourth-order valence-corrected chi connectivity index (χ4v) is 2.92. The molecule has 0 radical (unpaired) electrons. The molecule has 134 valence electrons. The first-order valence-corrected chi connectivity index (χ1v) is 8.27. The normalized spacial score (nSPS) is 11.5. The highest BCUT2D eigenvalue weighted by Gasteiger charge is 2.32. The quantitative estimate of drug-likeness (QED) is 0.638. The summed E-state index contributed by atoms with van der Waals surface area (Å²) in [5, 5.41) is 0. The van der Waals surface area contributed by atoms with Gasteiger partial charge in [0.15, 0.2) is 0 Å². The van der Waals surface area contributed by atoms with Crippen LogP contribution >= 0.6 is 0 Å². The lowest BCUT2D eigenvalue weighted by molar-refractivity contribution is -0.137. The van der Waals surface area contributed by atoms with Gasteiger partial charge in [0, 0.05) is 12.6 Å². The maximum Gasteiger partial charge on any atom is 0.416 e. The summed E-state index contributed by atoms with van der Waals surface area (Å²) in [6.07, 6.45) is -4.00. The third-order valence-corrected chi connectivity index (χ3v) is 4.24. The summed E-state index contributed by atoms with van der Waals surface area (Å²) >= 11 is 0. The van der Waals surface area contributed by atoms with Crippen molar-refractivity contribution in [2.75, 3.05) is 0 Å². The Bertz CT molecular complexity index is 959. The summed E-state index contributed by atoms with van der Waals surface area (Å²) in [5.41, 5.74) is 1.25. The van der Waals surface area contributed by atoms with Crippen molar-refractivity contribution in [3.05, 3.63) is 93.8 Å². The molecule has 0 unspecified atom stereocenters. The Kier molecular flexibility index (Phi) is 4.98. The van der Waals surface area contributed by atoms with Crippen molar-refractivity contribution in [1.29, 1.82) is 0 Å². The number of aryl methyl sites for hydroxylation is 2. The van der Waals surface area contributed by atoms with Crippen LogP contribution in [0.5, 0.6) is 0 Å². The fourth-order valence-electron chi connectivity index (χ4n) is 2.92. The van der Waals surface area contributed by atoms with Crippen LogP contribution < -0.4 is 5.56 Å². The lowest BCUT2D eigenvalue weighted by atomic mass is 10.0. The lowest BCUT2D eigenvalue weighted by Crippen LogP contribution is -2.25. The minimum absolute atomic E-state index is 0.282. The molecular formula is C21H18F3NO. The number of hydrogen-bond donors (Lipinski definition) is 0. The van der Waals surface area contributed by atoms with Gasteiger partial charge in [0.1, 0.15) is 0 Å². The molecular weight excluding hydrogens is 339 g/mol. The van der Waals surface area contributed by atoms with E-state index in [0.29, 0.717) is 24.6 Å². The number of benzene rings is 2. The SMILES string of the molecule is Cc1cccc(-c2cc(C(F)(F)F)cc(=O)n2CCc2ccccc2)c1. The van der Waals surface area contributed by atoms with E-state index < -0.39 is 17.3 Å². The van der Waals surface area contributed by atoms with Crippen LogP contribution in [0.3, 0.4) is 0 Å². The Morgan fingerprint density at radius 2 is 1.65 bits per heavy atom. The molecule has 0 atom stereocenters. The zero-order valence-corrected chi connectivity index (χ0v) is 14.3. The number of halogens is 3. The van der Waals surface area contributed by atoms with Crippen molar-refractivity contribution >= 4 is 0 Å². The molecule has 5 heteroatoms. The first-order chi connectivity index (χ1) is 12.3. The van der Waals surface area contributed by atoms with Crippen molar-refractivity contribution in [3.63, 3.8) is 0 Å². The predicted molar refractivity (Wildman–Crippen MR) is 96.0 cm³/mol. The Balaban J connectivity index is 2.08. The average Bonchev–Trinajstić information content (AvgIpc) is 2.60. The van der Waals surface area contributed by atoms with Gasteiger partial charge in [0.25, 0.3) is 5.56 Å². The van der Waals surface area contributed by atoms with Crippen molar-refractivity contribution in [3.8, 4) is 11.3 Å². The standard InChI is InChI=1S/C21H18F3NO/c1-15-6-5-9-17(12-15)19-13-18(21(22,23)24)14-20(26)25(19)11-10-16-7-3-2-4-8-16/h2-9,12-14H,10-11H2,1H3. The van der Waals surface area contributed by atoms with E-state index in [1.54, 1.807) is 18.2 Å². The summed E-state index contributed by atoms with van der Waals surface area (Å²) in [4.78, 5) is 12.4. The monoisotopic (exact) mass is 357 g/mol. The van der Waals surface area contributed by atoms with Gasteiger partial charge in [-0.3, -0.25) is 4.79 Å². The van der Waals surface area contributed by atoms with Gasteiger partial charge >= 0.3 is 6.18 Å². The lowest BCUT2D eigenvalue weighted by Gasteiger charge is -2.16. The Morgan fingerprint density at radius 3 is 2.31 bits per heavy atom. The van der Waals surface area contributed by atoms with E-state index in [-0.39, 0.29) is 5.69 Å². The molecule has 0 fully saturated rings. The molecule has 2 aromatic carbocycles. The summed E-state index contributed by atoms with van der Waals surface area (Å²) in [7, 11) is 0. The first-order valence-electron chi connectivity index (χ1n) is 8.27. The molecule has 26 heavy (non-hydrogen) atoms. The maximum absolute atomic E-state index is 13.2. The molecule has 0 aliphatic heterocycles. The Labute approximate surface area is 149 Å². The molecule has 0 bridgehead atoms. The zero-order valence-electron chi connectivity index (χ0n) is 14.3. The number of aromatic nitrogens is 1. The highest BCUT2D eigenvalue weighted by molar-refractivity contribution is 5.61. The molecule has 0 spiro atoms. The second kappa shape index (κ2) is 7.20. The minimum atomic E-state index is -4.56. The molecule has 0 aliphatic carbocycles. The van der Waals surface area contributed by atoms with Crippen LogP contribution in [0.15, 0.2) is 71.5 Å². The summed E-state index contributed by atoms with van der Waals surface area (Å²) in [6, 6.07) is 18.4. The van der Waals surface area contributed by atoms with Crippen molar-refractivity contribution in [2.45, 2.75) is 26.1 Å². The Morgan fingerprint density at radius 1 is 0.923 bits per heavy atom. The van der Waals surface area contributed by atoms with Crippen LogP contribution in [0, 0.1) is 6.92 Å². The number of nitrogens with zero attached hydrogens (tertiary/aromatic N) is 1. The van der Waals surface area contributed by atoms with Gasteiger partial charge in [-0.1, -0.05) is 54.1 Å². The van der Waals surface area contributed by atoms with E-state index in [4.69, 9.17) is 0 Å². The molecule has 0 amide bonds. The first kappa shape index (κ1) is 18.0.